The maximum absolute atomic E-state index is 12.4. The number of aliphatic imine (C=N–C) groups is 1. The summed E-state index contributed by atoms with van der Waals surface area (Å²) in [6.45, 7) is 4.12. The molecule has 0 atom stereocenters. The molecule has 3 rings (SSSR count). The van der Waals surface area contributed by atoms with Crippen LogP contribution in [0.2, 0.25) is 0 Å². The summed E-state index contributed by atoms with van der Waals surface area (Å²) in [6.07, 6.45) is 1.52. The number of anilines is 1. The Morgan fingerprint density at radius 1 is 1.06 bits per heavy atom. The number of hydrogen-bond donors (Lipinski definition) is 2. The molecule has 1 amide bonds. The van der Waals surface area contributed by atoms with Gasteiger partial charge in [0.05, 0.1) is 17.2 Å². The minimum Gasteiger partial charge on any atom is -0.357 e. The summed E-state index contributed by atoms with van der Waals surface area (Å²) in [5, 5.41) is 6.22. The summed E-state index contributed by atoms with van der Waals surface area (Å²) in [7, 11) is -3.33. The van der Waals surface area contributed by atoms with Crippen molar-refractivity contribution in [1.82, 2.24) is 10.6 Å². The fraction of sp³-hybridized carbons (Fsp3) is 0.364. The third-order valence-corrected chi connectivity index (χ3v) is 6.58. The quantitative estimate of drug-likeness (QED) is 0.297. The van der Waals surface area contributed by atoms with E-state index in [0.717, 1.165) is 24.2 Å². The lowest BCUT2D eigenvalue weighted by atomic mass is 10.2. The van der Waals surface area contributed by atoms with E-state index in [1.54, 1.807) is 30.3 Å². The molecule has 0 radical (unpaired) electrons. The molecular formula is C22H29IN4O3S. The predicted octanol–water partition coefficient (Wildman–Crippen LogP) is 2.96. The van der Waals surface area contributed by atoms with Gasteiger partial charge in [0.15, 0.2) is 15.8 Å². The minimum atomic E-state index is -3.33. The second-order valence-corrected chi connectivity index (χ2v) is 9.18. The van der Waals surface area contributed by atoms with Gasteiger partial charge >= 0.3 is 0 Å². The summed E-state index contributed by atoms with van der Waals surface area (Å²) in [5.41, 5.74) is 1.93. The number of rotatable bonds is 8. The molecule has 0 aliphatic carbocycles. The van der Waals surface area contributed by atoms with Crippen LogP contribution < -0.4 is 15.5 Å². The molecular weight excluding hydrogens is 527 g/mol. The Labute approximate surface area is 201 Å². The second-order valence-electron chi connectivity index (χ2n) is 7.07. The highest BCUT2D eigenvalue weighted by molar-refractivity contribution is 14.0. The molecule has 1 aliphatic heterocycles. The first-order chi connectivity index (χ1) is 14.5. The fourth-order valence-corrected chi connectivity index (χ4v) is 4.44. The van der Waals surface area contributed by atoms with E-state index in [1.165, 1.54) is 0 Å². The van der Waals surface area contributed by atoms with Crippen molar-refractivity contribution in [3.63, 3.8) is 0 Å². The Hall–Kier alpha value is -2.14. The molecule has 2 aromatic carbocycles. The average molecular weight is 556 g/mol. The van der Waals surface area contributed by atoms with Gasteiger partial charge in [-0.3, -0.25) is 4.79 Å². The van der Waals surface area contributed by atoms with Crippen molar-refractivity contribution in [3.8, 4) is 0 Å². The van der Waals surface area contributed by atoms with Gasteiger partial charge in [0.2, 0.25) is 5.91 Å². The largest absolute Gasteiger partial charge is 0.357 e. The lowest BCUT2D eigenvalue weighted by molar-refractivity contribution is -0.117. The summed E-state index contributed by atoms with van der Waals surface area (Å²) in [5.74, 6) is 0.726. The molecule has 0 unspecified atom stereocenters. The molecule has 1 heterocycles. The molecule has 2 aromatic rings. The van der Waals surface area contributed by atoms with E-state index in [9.17, 15) is 13.2 Å². The van der Waals surface area contributed by atoms with Crippen LogP contribution in [-0.2, 0) is 21.2 Å². The zero-order valence-electron chi connectivity index (χ0n) is 17.6. The van der Waals surface area contributed by atoms with Crippen LogP contribution in [0.1, 0.15) is 25.3 Å². The van der Waals surface area contributed by atoms with Gasteiger partial charge in [-0.05, 0) is 43.2 Å². The van der Waals surface area contributed by atoms with Crippen LogP contribution in [0.25, 0.3) is 0 Å². The normalized spacial score (nSPS) is 14.3. The van der Waals surface area contributed by atoms with Crippen molar-refractivity contribution in [3.05, 3.63) is 60.2 Å². The molecule has 168 valence electrons. The maximum atomic E-state index is 12.4. The first kappa shape index (κ1) is 25.1. The highest BCUT2D eigenvalue weighted by Crippen LogP contribution is 2.21. The van der Waals surface area contributed by atoms with Crippen molar-refractivity contribution in [2.75, 3.05) is 30.3 Å². The number of benzene rings is 2. The Morgan fingerprint density at radius 3 is 2.39 bits per heavy atom. The van der Waals surface area contributed by atoms with Crippen LogP contribution in [0.3, 0.4) is 0 Å². The third kappa shape index (κ3) is 7.20. The number of amides is 1. The zero-order valence-corrected chi connectivity index (χ0v) is 20.7. The standard InChI is InChI=1S/C22H28N4O3S.HI/c1-2-23-22(24-14-16-30(28,29)20-7-4-3-5-8-20)25-17-18-10-12-19(13-11-18)26-15-6-9-21(26)27;/h3-5,7-8,10-13H,2,6,9,14-17H2,1H3,(H2,23,24,25);1H. The number of guanidine groups is 1. The van der Waals surface area contributed by atoms with Crippen molar-refractivity contribution >= 4 is 51.4 Å². The van der Waals surface area contributed by atoms with Gasteiger partial charge in [-0.25, -0.2) is 13.4 Å². The summed E-state index contributed by atoms with van der Waals surface area (Å²) < 4.78 is 24.8. The molecule has 7 nitrogen and oxygen atoms in total. The average Bonchev–Trinajstić information content (AvgIpc) is 3.19. The highest BCUT2D eigenvalue weighted by Gasteiger charge is 2.21. The molecule has 0 saturated carbocycles. The molecule has 9 heteroatoms. The van der Waals surface area contributed by atoms with Crippen LogP contribution in [0.4, 0.5) is 5.69 Å². The number of hydrogen-bond acceptors (Lipinski definition) is 4. The summed E-state index contributed by atoms with van der Waals surface area (Å²) >= 11 is 0. The Kier molecular flexibility index (Phi) is 9.76. The number of halogens is 1. The van der Waals surface area contributed by atoms with Gasteiger partial charge in [0.25, 0.3) is 0 Å². The number of nitrogens with zero attached hydrogens (tertiary/aromatic N) is 2. The van der Waals surface area contributed by atoms with Gasteiger partial charge in [-0.2, -0.15) is 0 Å². The van der Waals surface area contributed by atoms with Gasteiger partial charge in [-0.1, -0.05) is 30.3 Å². The Balaban J connectivity index is 0.00000341. The smallest absolute Gasteiger partial charge is 0.227 e. The van der Waals surface area contributed by atoms with E-state index in [2.05, 4.69) is 15.6 Å². The zero-order chi connectivity index (χ0) is 21.4. The maximum Gasteiger partial charge on any atom is 0.227 e. The van der Waals surface area contributed by atoms with Gasteiger partial charge in [0, 0.05) is 31.7 Å². The van der Waals surface area contributed by atoms with Crippen LogP contribution in [0.5, 0.6) is 0 Å². The molecule has 2 N–H and O–H groups in total. The molecule has 1 aliphatic rings. The number of sulfone groups is 1. The van der Waals surface area contributed by atoms with Crippen molar-refractivity contribution in [2.24, 2.45) is 4.99 Å². The third-order valence-electron chi connectivity index (χ3n) is 4.85. The van der Waals surface area contributed by atoms with Gasteiger partial charge < -0.3 is 15.5 Å². The topological polar surface area (TPSA) is 90.9 Å². The van der Waals surface area contributed by atoms with Crippen molar-refractivity contribution < 1.29 is 13.2 Å². The molecule has 31 heavy (non-hydrogen) atoms. The molecule has 0 bridgehead atoms. The fourth-order valence-electron chi connectivity index (χ4n) is 3.26. The van der Waals surface area contributed by atoms with E-state index < -0.39 is 9.84 Å². The lowest BCUT2D eigenvalue weighted by Crippen LogP contribution is -2.39. The van der Waals surface area contributed by atoms with E-state index >= 15 is 0 Å². The van der Waals surface area contributed by atoms with Gasteiger partial charge in [-0.15, -0.1) is 24.0 Å². The number of carbonyl (C=O) groups excluding carboxylic acids is 1. The molecule has 0 spiro atoms. The SMILES string of the molecule is CCNC(=NCc1ccc(N2CCCC2=O)cc1)NCCS(=O)(=O)c1ccccc1.I. The van der Waals surface area contributed by atoms with Crippen LogP contribution in [-0.4, -0.2) is 45.7 Å². The van der Waals surface area contributed by atoms with E-state index in [-0.39, 0.29) is 42.2 Å². The molecule has 1 saturated heterocycles. The van der Waals surface area contributed by atoms with E-state index in [0.29, 0.717) is 30.4 Å². The van der Waals surface area contributed by atoms with Crippen molar-refractivity contribution in [1.29, 1.82) is 0 Å². The van der Waals surface area contributed by atoms with E-state index in [1.807, 2.05) is 36.1 Å². The summed E-state index contributed by atoms with van der Waals surface area (Å²) in [6, 6.07) is 16.3. The first-order valence-corrected chi connectivity index (χ1v) is 11.8. The lowest BCUT2D eigenvalue weighted by Gasteiger charge is -2.16. The predicted molar refractivity (Wildman–Crippen MR) is 135 cm³/mol. The highest BCUT2D eigenvalue weighted by atomic mass is 127. The monoisotopic (exact) mass is 556 g/mol. The van der Waals surface area contributed by atoms with Crippen molar-refractivity contribution in [2.45, 2.75) is 31.2 Å². The summed E-state index contributed by atoms with van der Waals surface area (Å²) in [4.78, 5) is 18.5. The van der Waals surface area contributed by atoms with Gasteiger partial charge in [0.1, 0.15) is 0 Å². The molecule has 1 fully saturated rings. The van der Waals surface area contributed by atoms with E-state index in [4.69, 9.17) is 0 Å². The number of nitrogens with one attached hydrogen (secondary N) is 2. The number of carbonyl (C=O) groups is 1. The minimum absolute atomic E-state index is 0. The Bertz CT molecular complexity index is 980. The van der Waals surface area contributed by atoms with Crippen LogP contribution in [0.15, 0.2) is 64.5 Å². The van der Waals surface area contributed by atoms with Crippen LogP contribution >= 0.6 is 24.0 Å². The Morgan fingerprint density at radius 2 is 1.77 bits per heavy atom. The molecule has 0 aromatic heterocycles. The van der Waals surface area contributed by atoms with Crippen LogP contribution in [0, 0.1) is 0 Å². The second kappa shape index (κ2) is 12.0. The first-order valence-electron chi connectivity index (χ1n) is 10.2.